The summed E-state index contributed by atoms with van der Waals surface area (Å²) in [5.41, 5.74) is 0.563. The van der Waals surface area contributed by atoms with Gasteiger partial charge in [0.2, 0.25) is 5.91 Å². The molecule has 0 radical (unpaired) electrons. The molecule has 1 aromatic carbocycles. The van der Waals surface area contributed by atoms with Crippen molar-refractivity contribution in [1.82, 2.24) is 30.0 Å². The van der Waals surface area contributed by atoms with E-state index >= 15 is 0 Å². The number of carbonyl (C=O) groups excluding carboxylic acids is 1. The minimum Gasteiger partial charge on any atom is -0.497 e. The molecular formula is C18H26N6O2. The van der Waals surface area contributed by atoms with E-state index in [2.05, 4.69) is 20.4 Å². The van der Waals surface area contributed by atoms with Gasteiger partial charge in [0.1, 0.15) is 5.75 Å². The minimum atomic E-state index is -0.333. The van der Waals surface area contributed by atoms with Crippen LogP contribution in [0.2, 0.25) is 0 Å². The van der Waals surface area contributed by atoms with E-state index < -0.39 is 0 Å². The van der Waals surface area contributed by atoms with Crippen molar-refractivity contribution in [2.24, 2.45) is 5.41 Å². The highest BCUT2D eigenvalue weighted by Crippen LogP contribution is 2.19. The lowest BCUT2D eigenvalue weighted by Crippen LogP contribution is -2.51. The van der Waals surface area contributed by atoms with Gasteiger partial charge in [0, 0.05) is 31.6 Å². The number of benzene rings is 1. The van der Waals surface area contributed by atoms with Crippen LogP contribution in [0.25, 0.3) is 5.69 Å². The normalized spacial score (nSPS) is 15.9. The quantitative estimate of drug-likeness (QED) is 0.821. The van der Waals surface area contributed by atoms with Gasteiger partial charge < -0.3 is 9.64 Å². The van der Waals surface area contributed by atoms with E-state index in [-0.39, 0.29) is 11.3 Å². The zero-order chi connectivity index (χ0) is 18.7. The Bertz CT molecular complexity index is 742. The number of piperazine rings is 1. The molecule has 0 N–H and O–H groups in total. The van der Waals surface area contributed by atoms with Gasteiger partial charge in [-0.25, -0.2) is 0 Å². The number of aromatic nitrogens is 4. The molecule has 3 rings (SSSR count). The molecule has 1 aliphatic rings. The Labute approximate surface area is 153 Å². The van der Waals surface area contributed by atoms with Crippen LogP contribution in [-0.2, 0) is 11.3 Å². The van der Waals surface area contributed by atoms with Crippen LogP contribution >= 0.6 is 0 Å². The number of hydrogen-bond donors (Lipinski definition) is 0. The molecule has 140 valence electrons. The van der Waals surface area contributed by atoms with Crippen molar-refractivity contribution in [2.75, 3.05) is 33.3 Å². The molecule has 8 nitrogen and oxygen atoms in total. The summed E-state index contributed by atoms with van der Waals surface area (Å²) in [6, 6.07) is 7.63. The molecular weight excluding hydrogens is 332 g/mol. The van der Waals surface area contributed by atoms with Crippen LogP contribution in [0.1, 0.15) is 26.6 Å². The van der Waals surface area contributed by atoms with Gasteiger partial charge in [-0.3, -0.25) is 9.69 Å². The maximum atomic E-state index is 12.4. The first-order chi connectivity index (χ1) is 12.4. The van der Waals surface area contributed by atoms with Crippen molar-refractivity contribution in [3.8, 4) is 11.4 Å². The molecule has 1 aromatic heterocycles. The molecule has 0 unspecified atom stereocenters. The molecule has 0 saturated carbocycles. The van der Waals surface area contributed by atoms with Gasteiger partial charge in [-0.15, -0.1) is 5.10 Å². The fourth-order valence-electron chi connectivity index (χ4n) is 3.01. The highest BCUT2D eigenvalue weighted by atomic mass is 16.5. The Morgan fingerprint density at radius 2 is 1.77 bits per heavy atom. The van der Waals surface area contributed by atoms with Gasteiger partial charge in [-0.05, 0) is 34.7 Å². The smallest absolute Gasteiger partial charge is 0.228 e. The van der Waals surface area contributed by atoms with E-state index in [1.54, 1.807) is 11.8 Å². The highest BCUT2D eigenvalue weighted by molar-refractivity contribution is 5.81. The summed E-state index contributed by atoms with van der Waals surface area (Å²) in [5.74, 6) is 1.79. The van der Waals surface area contributed by atoms with E-state index in [4.69, 9.17) is 4.74 Å². The summed E-state index contributed by atoms with van der Waals surface area (Å²) in [7, 11) is 1.64. The number of methoxy groups -OCH3 is 1. The first kappa shape index (κ1) is 18.3. The summed E-state index contributed by atoms with van der Waals surface area (Å²) in [6.07, 6.45) is 0. The summed E-state index contributed by atoms with van der Waals surface area (Å²) >= 11 is 0. The van der Waals surface area contributed by atoms with Crippen LogP contribution in [0.4, 0.5) is 0 Å². The first-order valence-electron chi connectivity index (χ1n) is 8.82. The van der Waals surface area contributed by atoms with Gasteiger partial charge in [0.05, 0.1) is 19.3 Å². The zero-order valence-electron chi connectivity index (χ0n) is 15.8. The molecule has 1 amide bonds. The fourth-order valence-corrected chi connectivity index (χ4v) is 3.01. The first-order valence-corrected chi connectivity index (χ1v) is 8.82. The van der Waals surface area contributed by atoms with Crippen LogP contribution < -0.4 is 4.74 Å². The lowest BCUT2D eigenvalue weighted by Gasteiger charge is -2.37. The van der Waals surface area contributed by atoms with Crippen LogP contribution in [0.3, 0.4) is 0 Å². The van der Waals surface area contributed by atoms with Crippen LogP contribution in [0, 0.1) is 5.41 Å². The van der Waals surface area contributed by atoms with E-state index in [0.717, 1.165) is 43.4 Å². The number of ether oxygens (including phenoxy) is 1. The van der Waals surface area contributed by atoms with Gasteiger partial charge >= 0.3 is 0 Å². The maximum absolute atomic E-state index is 12.4. The number of hydrogen-bond acceptors (Lipinski definition) is 6. The van der Waals surface area contributed by atoms with Crippen molar-refractivity contribution in [3.63, 3.8) is 0 Å². The molecule has 0 bridgehead atoms. The number of amides is 1. The van der Waals surface area contributed by atoms with Gasteiger partial charge in [-0.2, -0.15) is 4.68 Å². The Morgan fingerprint density at radius 1 is 1.12 bits per heavy atom. The molecule has 2 heterocycles. The Kier molecular flexibility index (Phi) is 5.22. The third-order valence-corrected chi connectivity index (χ3v) is 4.52. The molecule has 1 saturated heterocycles. The number of tetrazole rings is 1. The largest absolute Gasteiger partial charge is 0.497 e. The standard InChI is InChI=1S/C18H26N6O2/c1-18(2,3)17(25)23-11-9-22(10-12-23)13-16-19-20-21-24(16)14-5-7-15(26-4)8-6-14/h5-8H,9-13H2,1-4H3. The lowest BCUT2D eigenvalue weighted by molar-refractivity contribution is -0.141. The van der Waals surface area contributed by atoms with Crippen LogP contribution in [0.5, 0.6) is 5.75 Å². The summed E-state index contributed by atoms with van der Waals surface area (Å²) in [4.78, 5) is 16.6. The number of carbonyl (C=O) groups is 1. The third-order valence-electron chi connectivity index (χ3n) is 4.52. The van der Waals surface area contributed by atoms with Crippen molar-refractivity contribution in [1.29, 1.82) is 0 Å². The molecule has 26 heavy (non-hydrogen) atoms. The molecule has 0 aliphatic carbocycles. The molecule has 0 spiro atoms. The van der Waals surface area contributed by atoms with Gasteiger partial charge in [0.15, 0.2) is 5.82 Å². The van der Waals surface area contributed by atoms with Crippen LogP contribution in [-0.4, -0.2) is 69.2 Å². The van der Waals surface area contributed by atoms with Gasteiger partial charge in [-0.1, -0.05) is 20.8 Å². The second-order valence-corrected chi connectivity index (χ2v) is 7.52. The third kappa shape index (κ3) is 4.01. The Hall–Kier alpha value is -2.48. The van der Waals surface area contributed by atoms with Crippen molar-refractivity contribution < 1.29 is 9.53 Å². The second-order valence-electron chi connectivity index (χ2n) is 7.52. The van der Waals surface area contributed by atoms with E-state index in [1.807, 2.05) is 49.9 Å². The summed E-state index contributed by atoms with van der Waals surface area (Å²) < 4.78 is 6.93. The van der Waals surface area contributed by atoms with Crippen LogP contribution in [0.15, 0.2) is 24.3 Å². The zero-order valence-corrected chi connectivity index (χ0v) is 15.8. The number of nitrogens with zero attached hydrogens (tertiary/aromatic N) is 6. The second kappa shape index (κ2) is 7.41. The molecule has 2 aromatic rings. The topological polar surface area (TPSA) is 76.4 Å². The monoisotopic (exact) mass is 358 g/mol. The van der Waals surface area contributed by atoms with E-state index in [1.165, 1.54) is 0 Å². The van der Waals surface area contributed by atoms with E-state index in [9.17, 15) is 4.79 Å². The average Bonchev–Trinajstić information content (AvgIpc) is 3.09. The van der Waals surface area contributed by atoms with Gasteiger partial charge in [0.25, 0.3) is 0 Å². The highest BCUT2D eigenvalue weighted by Gasteiger charge is 2.30. The van der Waals surface area contributed by atoms with Crippen molar-refractivity contribution in [2.45, 2.75) is 27.3 Å². The maximum Gasteiger partial charge on any atom is 0.228 e. The predicted octanol–water partition coefficient (Wildman–Crippen LogP) is 1.36. The average molecular weight is 358 g/mol. The van der Waals surface area contributed by atoms with Crippen molar-refractivity contribution >= 4 is 5.91 Å². The summed E-state index contributed by atoms with van der Waals surface area (Å²) in [5, 5.41) is 12.1. The molecule has 1 fully saturated rings. The fraction of sp³-hybridized carbons (Fsp3) is 0.556. The van der Waals surface area contributed by atoms with E-state index in [0.29, 0.717) is 6.54 Å². The number of rotatable bonds is 4. The SMILES string of the molecule is COc1ccc(-n2nnnc2CN2CCN(C(=O)C(C)(C)C)CC2)cc1. The predicted molar refractivity (Wildman–Crippen MR) is 97.0 cm³/mol. The minimum absolute atomic E-state index is 0.209. The Morgan fingerprint density at radius 3 is 2.35 bits per heavy atom. The Balaban J connectivity index is 1.63. The molecule has 0 atom stereocenters. The molecule has 8 heteroatoms. The lowest BCUT2D eigenvalue weighted by atomic mass is 9.94. The van der Waals surface area contributed by atoms with Crippen molar-refractivity contribution in [3.05, 3.63) is 30.1 Å². The molecule has 1 aliphatic heterocycles. The summed E-state index contributed by atoms with van der Waals surface area (Å²) in [6.45, 7) is 9.64.